The summed E-state index contributed by atoms with van der Waals surface area (Å²) >= 11 is 0. The van der Waals surface area contributed by atoms with Crippen molar-refractivity contribution >= 4 is 28.1 Å². The lowest BCUT2D eigenvalue weighted by molar-refractivity contribution is 0.102. The second-order valence-corrected chi connectivity index (χ2v) is 9.28. The summed E-state index contributed by atoms with van der Waals surface area (Å²) in [6, 6.07) is 11.1. The van der Waals surface area contributed by atoms with Crippen molar-refractivity contribution in [3.05, 3.63) is 59.9 Å². The normalized spacial score (nSPS) is 15.3. The SMILES string of the molecule is CN1CCN(c2ccc(NC(=O)c3ccc(O)c(C(C)(C)C)c3)c3cnccc23)CC1. The van der Waals surface area contributed by atoms with Gasteiger partial charge in [-0.1, -0.05) is 20.8 Å². The van der Waals surface area contributed by atoms with E-state index in [1.807, 2.05) is 39.1 Å². The summed E-state index contributed by atoms with van der Waals surface area (Å²) in [5.74, 6) is -0.00164. The molecule has 0 spiro atoms. The second-order valence-electron chi connectivity index (χ2n) is 9.28. The molecule has 162 valence electrons. The number of anilines is 2. The van der Waals surface area contributed by atoms with Crippen molar-refractivity contribution < 1.29 is 9.90 Å². The molecule has 0 radical (unpaired) electrons. The molecule has 3 aromatic rings. The summed E-state index contributed by atoms with van der Waals surface area (Å²) in [5.41, 5.74) is 2.90. The fourth-order valence-electron chi connectivity index (χ4n) is 4.08. The number of amides is 1. The summed E-state index contributed by atoms with van der Waals surface area (Å²) in [7, 11) is 2.15. The van der Waals surface area contributed by atoms with Crippen LogP contribution in [0, 0.1) is 0 Å². The molecule has 2 heterocycles. The maximum Gasteiger partial charge on any atom is 0.255 e. The number of aromatic hydroxyl groups is 1. The highest BCUT2D eigenvalue weighted by Gasteiger charge is 2.21. The number of hydrogen-bond donors (Lipinski definition) is 2. The van der Waals surface area contributed by atoms with Gasteiger partial charge in [0.25, 0.3) is 5.91 Å². The first-order valence-corrected chi connectivity index (χ1v) is 10.7. The molecule has 31 heavy (non-hydrogen) atoms. The quantitative estimate of drug-likeness (QED) is 0.666. The number of carbonyl (C=O) groups is 1. The summed E-state index contributed by atoms with van der Waals surface area (Å²) in [6.45, 7) is 10.1. The summed E-state index contributed by atoms with van der Waals surface area (Å²) in [6.07, 6.45) is 3.60. The number of phenolic OH excluding ortho intramolecular Hbond substituents is 1. The third-order valence-corrected chi connectivity index (χ3v) is 5.95. The van der Waals surface area contributed by atoms with E-state index in [1.165, 1.54) is 5.69 Å². The maximum absolute atomic E-state index is 13.0. The van der Waals surface area contributed by atoms with E-state index in [4.69, 9.17) is 0 Å². The van der Waals surface area contributed by atoms with Gasteiger partial charge in [-0.2, -0.15) is 0 Å². The molecule has 1 fully saturated rings. The van der Waals surface area contributed by atoms with Crippen LogP contribution >= 0.6 is 0 Å². The molecule has 0 saturated carbocycles. The van der Waals surface area contributed by atoms with E-state index >= 15 is 0 Å². The number of likely N-dealkylation sites (N-methyl/N-ethyl adjacent to an activating group) is 1. The van der Waals surface area contributed by atoms with Crippen LogP contribution in [0.5, 0.6) is 5.75 Å². The van der Waals surface area contributed by atoms with Crippen molar-refractivity contribution in [2.24, 2.45) is 0 Å². The first-order chi connectivity index (χ1) is 14.7. The molecule has 0 unspecified atom stereocenters. The Morgan fingerprint density at radius 3 is 2.48 bits per heavy atom. The Morgan fingerprint density at radius 1 is 1.03 bits per heavy atom. The molecule has 2 N–H and O–H groups in total. The molecule has 4 rings (SSSR count). The number of piperazine rings is 1. The molecule has 1 aliphatic heterocycles. The highest BCUT2D eigenvalue weighted by atomic mass is 16.3. The molecule has 1 aliphatic rings. The third kappa shape index (κ3) is 4.35. The number of phenols is 1. The Balaban J connectivity index is 1.65. The van der Waals surface area contributed by atoms with E-state index in [-0.39, 0.29) is 17.1 Å². The Kier molecular flexibility index (Phi) is 5.58. The maximum atomic E-state index is 13.0. The van der Waals surface area contributed by atoms with Crippen LogP contribution in [0.15, 0.2) is 48.8 Å². The van der Waals surface area contributed by atoms with Crippen molar-refractivity contribution in [3.63, 3.8) is 0 Å². The first kappa shape index (κ1) is 21.1. The summed E-state index contributed by atoms with van der Waals surface area (Å²) in [5, 5.41) is 15.3. The van der Waals surface area contributed by atoms with Gasteiger partial charge in [0.2, 0.25) is 0 Å². The van der Waals surface area contributed by atoms with E-state index in [2.05, 4.69) is 33.2 Å². The fourth-order valence-corrected chi connectivity index (χ4v) is 4.08. The fraction of sp³-hybridized carbons (Fsp3) is 0.360. The van der Waals surface area contributed by atoms with Crippen molar-refractivity contribution in [1.82, 2.24) is 9.88 Å². The lowest BCUT2D eigenvalue weighted by Gasteiger charge is -2.34. The zero-order valence-electron chi connectivity index (χ0n) is 18.6. The zero-order valence-corrected chi connectivity index (χ0v) is 18.6. The minimum absolute atomic E-state index is 0.204. The molecule has 0 bridgehead atoms. The Labute approximate surface area is 183 Å². The van der Waals surface area contributed by atoms with Crippen molar-refractivity contribution in [3.8, 4) is 5.75 Å². The van der Waals surface area contributed by atoms with Crippen LogP contribution in [-0.2, 0) is 5.41 Å². The lowest BCUT2D eigenvalue weighted by Crippen LogP contribution is -2.44. The highest BCUT2D eigenvalue weighted by molar-refractivity contribution is 6.11. The molecule has 6 heteroatoms. The number of pyridine rings is 1. The monoisotopic (exact) mass is 418 g/mol. The van der Waals surface area contributed by atoms with Gasteiger partial charge in [-0.25, -0.2) is 0 Å². The van der Waals surface area contributed by atoms with E-state index in [9.17, 15) is 9.90 Å². The first-order valence-electron chi connectivity index (χ1n) is 10.7. The van der Waals surface area contributed by atoms with E-state index in [1.54, 1.807) is 24.4 Å². The van der Waals surface area contributed by atoms with Gasteiger partial charge in [0.05, 0.1) is 5.69 Å². The van der Waals surface area contributed by atoms with Crippen LogP contribution < -0.4 is 10.2 Å². The standard InChI is InChI=1S/C25H30N4O2/c1-25(2,3)20-15-17(5-8-23(20)30)24(31)27-21-6-7-22(18-9-10-26-16-19(18)21)29-13-11-28(4)12-14-29/h5-10,15-16,30H,11-14H2,1-4H3,(H,27,31). The minimum Gasteiger partial charge on any atom is -0.508 e. The van der Waals surface area contributed by atoms with Gasteiger partial charge in [-0.3, -0.25) is 9.78 Å². The second kappa shape index (κ2) is 8.19. The van der Waals surface area contributed by atoms with Gasteiger partial charge < -0.3 is 20.2 Å². The molecule has 1 aromatic heterocycles. The van der Waals surface area contributed by atoms with Crippen LogP contribution in [-0.4, -0.2) is 54.1 Å². The van der Waals surface area contributed by atoms with Crippen molar-refractivity contribution in [2.45, 2.75) is 26.2 Å². The van der Waals surface area contributed by atoms with Gasteiger partial charge >= 0.3 is 0 Å². The summed E-state index contributed by atoms with van der Waals surface area (Å²) in [4.78, 5) is 22.1. The topological polar surface area (TPSA) is 68.7 Å². The Bertz CT molecular complexity index is 1110. The number of hydrogen-bond acceptors (Lipinski definition) is 5. The van der Waals surface area contributed by atoms with Gasteiger partial charge in [0, 0.05) is 66.2 Å². The van der Waals surface area contributed by atoms with Gasteiger partial charge in [0.15, 0.2) is 0 Å². The molecular weight excluding hydrogens is 388 g/mol. The molecule has 0 aliphatic carbocycles. The number of benzene rings is 2. The van der Waals surface area contributed by atoms with E-state index < -0.39 is 0 Å². The number of nitrogens with zero attached hydrogens (tertiary/aromatic N) is 3. The van der Waals surface area contributed by atoms with Crippen LogP contribution in [0.2, 0.25) is 0 Å². The molecule has 1 saturated heterocycles. The number of fused-ring (bicyclic) bond motifs is 1. The van der Waals surface area contributed by atoms with E-state index in [0.717, 1.165) is 48.2 Å². The molecule has 6 nitrogen and oxygen atoms in total. The zero-order chi connectivity index (χ0) is 22.2. The van der Waals surface area contributed by atoms with Crippen molar-refractivity contribution in [2.75, 3.05) is 43.4 Å². The van der Waals surface area contributed by atoms with E-state index in [0.29, 0.717) is 5.56 Å². The van der Waals surface area contributed by atoms with Crippen LogP contribution in [0.1, 0.15) is 36.7 Å². The van der Waals surface area contributed by atoms with Crippen LogP contribution in [0.4, 0.5) is 11.4 Å². The largest absolute Gasteiger partial charge is 0.508 e. The average Bonchev–Trinajstić information content (AvgIpc) is 2.74. The number of rotatable bonds is 3. The Hall–Kier alpha value is -3.12. The van der Waals surface area contributed by atoms with Gasteiger partial charge in [-0.15, -0.1) is 0 Å². The average molecular weight is 419 g/mol. The lowest BCUT2D eigenvalue weighted by atomic mass is 9.85. The number of aromatic nitrogens is 1. The highest BCUT2D eigenvalue weighted by Crippen LogP contribution is 2.34. The van der Waals surface area contributed by atoms with Gasteiger partial charge in [-0.05, 0) is 48.9 Å². The Morgan fingerprint density at radius 2 is 1.77 bits per heavy atom. The predicted octanol–water partition coefficient (Wildman–Crippen LogP) is 4.24. The van der Waals surface area contributed by atoms with Crippen molar-refractivity contribution in [1.29, 1.82) is 0 Å². The summed E-state index contributed by atoms with van der Waals surface area (Å²) < 4.78 is 0. The number of nitrogens with one attached hydrogen (secondary N) is 1. The molecular formula is C25H30N4O2. The van der Waals surface area contributed by atoms with Gasteiger partial charge in [0.1, 0.15) is 5.75 Å². The molecule has 1 amide bonds. The van der Waals surface area contributed by atoms with Crippen LogP contribution in [0.25, 0.3) is 10.8 Å². The van der Waals surface area contributed by atoms with Crippen LogP contribution in [0.3, 0.4) is 0 Å². The predicted molar refractivity (Wildman–Crippen MR) is 126 cm³/mol. The smallest absolute Gasteiger partial charge is 0.255 e. The third-order valence-electron chi connectivity index (χ3n) is 5.95. The number of carbonyl (C=O) groups excluding carboxylic acids is 1. The molecule has 0 atom stereocenters. The minimum atomic E-state index is -0.263. The molecule has 2 aromatic carbocycles.